The van der Waals surface area contributed by atoms with Gasteiger partial charge in [-0.2, -0.15) is 0 Å². The highest BCUT2D eigenvalue weighted by molar-refractivity contribution is 6.45. The third kappa shape index (κ3) is 1.30. The van der Waals surface area contributed by atoms with Crippen molar-refractivity contribution in [1.29, 1.82) is 0 Å². The van der Waals surface area contributed by atoms with Crippen LogP contribution in [0.5, 0.6) is 0 Å². The maximum absolute atomic E-state index is 10.6. The van der Waals surface area contributed by atoms with Crippen LogP contribution in [-0.4, -0.2) is 30.2 Å². The van der Waals surface area contributed by atoms with E-state index in [9.17, 15) is 4.79 Å². The lowest BCUT2D eigenvalue weighted by Gasteiger charge is -1.95. The van der Waals surface area contributed by atoms with Crippen LogP contribution >= 0.6 is 0 Å². The Bertz CT molecular complexity index is 147. The van der Waals surface area contributed by atoms with Crippen molar-refractivity contribution in [2.45, 2.75) is 12.2 Å². The lowest BCUT2D eigenvalue weighted by Crippen LogP contribution is -2.14. The molecule has 0 aliphatic heterocycles. The molecule has 0 aromatic carbocycles. The minimum atomic E-state index is -1.37. The Kier molecular flexibility index (Phi) is 1.96. The summed E-state index contributed by atoms with van der Waals surface area (Å²) in [6, 6.07) is 0. The van der Waals surface area contributed by atoms with Gasteiger partial charge in [-0.25, -0.2) is 0 Å². The fourth-order valence-electron chi connectivity index (χ4n) is 0.967. The summed E-state index contributed by atoms with van der Waals surface area (Å²) in [5.41, 5.74) is 0. The maximum Gasteiger partial charge on any atom is 0.455 e. The minimum Gasteiger partial charge on any atom is -0.469 e. The third-order valence-electron chi connectivity index (χ3n) is 1.73. The summed E-state index contributed by atoms with van der Waals surface area (Å²) in [6.07, 6.45) is 0.532. The molecule has 0 heterocycles. The van der Waals surface area contributed by atoms with Crippen LogP contribution in [0.15, 0.2) is 0 Å². The first-order chi connectivity index (χ1) is 4.66. The van der Waals surface area contributed by atoms with Crippen LogP contribution in [-0.2, 0) is 9.53 Å². The molecule has 0 aromatic rings. The van der Waals surface area contributed by atoms with Gasteiger partial charge in [0.1, 0.15) is 0 Å². The number of rotatable bonds is 2. The van der Waals surface area contributed by atoms with Gasteiger partial charge in [0.2, 0.25) is 0 Å². The molecule has 1 aliphatic carbocycles. The fourth-order valence-corrected chi connectivity index (χ4v) is 0.967. The predicted molar refractivity (Wildman–Crippen MR) is 34.1 cm³/mol. The summed E-state index contributed by atoms with van der Waals surface area (Å²) in [7, 11) is -0.0781. The smallest absolute Gasteiger partial charge is 0.455 e. The van der Waals surface area contributed by atoms with Gasteiger partial charge in [0.25, 0.3) is 0 Å². The molecule has 4 nitrogen and oxygen atoms in total. The van der Waals surface area contributed by atoms with Crippen LogP contribution in [0.2, 0.25) is 5.82 Å². The van der Waals surface area contributed by atoms with Crippen molar-refractivity contribution in [3.8, 4) is 0 Å². The number of methoxy groups -OCH3 is 1. The van der Waals surface area contributed by atoms with E-state index in [2.05, 4.69) is 4.74 Å². The SMILES string of the molecule is COC(=O)C1CC1B(O)O. The maximum atomic E-state index is 10.6. The van der Waals surface area contributed by atoms with Crippen molar-refractivity contribution in [1.82, 2.24) is 0 Å². The summed E-state index contributed by atoms with van der Waals surface area (Å²) in [5.74, 6) is -0.935. The van der Waals surface area contributed by atoms with E-state index in [0.717, 1.165) is 0 Å². The van der Waals surface area contributed by atoms with Gasteiger partial charge in [-0.1, -0.05) is 0 Å². The topological polar surface area (TPSA) is 66.8 Å². The number of esters is 1. The lowest BCUT2D eigenvalue weighted by molar-refractivity contribution is -0.142. The van der Waals surface area contributed by atoms with Gasteiger partial charge >= 0.3 is 13.1 Å². The number of carbonyl (C=O) groups is 1. The standard InChI is InChI=1S/C5H9BO4/c1-10-5(7)3-2-4(3)6(8)9/h3-4,8-9H,2H2,1H3. The van der Waals surface area contributed by atoms with Crippen molar-refractivity contribution < 1.29 is 19.6 Å². The Labute approximate surface area is 58.9 Å². The Morgan fingerprint density at radius 2 is 2.30 bits per heavy atom. The highest BCUT2D eigenvalue weighted by atomic mass is 16.5. The summed E-state index contributed by atoms with van der Waals surface area (Å²) < 4.78 is 4.39. The molecule has 5 heteroatoms. The molecule has 56 valence electrons. The van der Waals surface area contributed by atoms with E-state index in [-0.39, 0.29) is 17.7 Å². The van der Waals surface area contributed by atoms with Crippen LogP contribution in [0.4, 0.5) is 0 Å². The average molecular weight is 144 g/mol. The molecule has 0 amide bonds. The molecule has 1 aliphatic rings. The van der Waals surface area contributed by atoms with Gasteiger partial charge in [0.15, 0.2) is 0 Å². The minimum absolute atomic E-state index is 0.287. The van der Waals surface area contributed by atoms with Gasteiger partial charge in [0.05, 0.1) is 13.0 Å². The molecule has 0 spiro atoms. The zero-order valence-corrected chi connectivity index (χ0v) is 5.65. The molecule has 1 rings (SSSR count). The number of carbonyl (C=O) groups excluding carboxylic acids is 1. The first-order valence-corrected chi connectivity index (χ1v) is 3.10. The Hall–Kier alpha value is -0.545. The molecule has 2 unspecified atom stereocenters. The number of hydrogen-bond acceptors (Lipinski definition) is 4. The molecule has 1 saturated carbocycles. The molecule has 0 bridgehead atoms. The lowest BCUT2D eigenvalue weighted by atomic mass is 9.82. The van der Waals surface area contributed by atoms with Gasteiger partial charge in [-0.05, 0) is 6.42 Å². The van der Waals surface area contributed by atoms with Crippen LogP contribution in [0.1, 0.15) is 6.42 Å². The highest BCUT2D eigenvalue weighted by Crippen LogP contribution is 2.46. The zero-order valence-electron chi connectivity index (χ0n) is 5.65. The molecule has 1 fully saturated rings. The van der Waals surface area contributed by atoms with Crippen LogP contribution < -0.4 is 0 Å². The van der Waals surface area contributed by atoms with Gasteiger partial charge in [0, 0.05) is 5.82 Å². The molecule has 2 atom stereocenters. The quantitative estimate of drug-likeness (QED) is 0.386. The van der Waals surface area contributed by atoms with Crippen molar-refractivity contribution in [3.63, 3.8) is 0 Å². The zero-order chi connectivity index (χ0) is 7.72. The largest absolute Gasteiger partial charge is 0.469 e. The first kappa shape index (κ1) is 7.56. The fraction of sp³-hybridized carbons (Fsp3) is 0.800. The molecular weight excluding hydrogens is 135 g/mol. The Morgan fingerprint density at radius 1 is 1.70 bits per heavy atom. The van der Waals surface area contributed by atoms with E-state index in [1.165, 1.54) is 7.11 Å². The second kappa shape index (κ2) is 2.60. The van der Waals surface area contributed by atoms with Crippen LogP contribution in [0.3, 0.4) is 0 Å². The van der Waals surface area contributed by atoms with E-state index in [1.807, 2.05) is 0 Å². The van der Waals surface area contributed by atoms with E-state index in [1.54, 1.807) is 0 Å². The third-order valence-corrected chi connectivity index (χ3v) is 1.73. The van der Waals surface area contributed by atoms with Gasteiger partial charge in [-0.3, -0.25) is 4.79 Å². The second-order valence-electron chi connectivity index (χ2n) is 2.44. The molecule has 10 heavy (non-hydrogen) atoms. The van der Waals surface area contributed by atoms with Gasteiger partial charge < -0.3 is 14.8 Å². The predicted octanol–water partition coefficient (Wildman–Crippen LogP) is -0.978. The van der Waals surface area contributed by atoms with Crippen molar-refractivity contribution >= 4 is 13.1 Å². The van der Waals surface area contributed by atoms with E-state index < -0.39 is 7.12 Å². The number of hydrogen-bond donors (Lipinski definition) is 2. The molecule has 0 saturated heterocycles. The van der Waals surface area contributed by atoms with Crippen molar-refractivity contribution in [2.75, 3.05) is 7.11 Å². The van der Waals surface area contributed by atoms with E-state index in [0.29, 0.717) is 6.42 Å². The molecular formula is C5H9BO4. The van der Waals surface area contributed by atoms with E-state index in [4.69, 9.17) is 10.0 Å². The molecule has 0 radical (unpaired) electrons. The average Bonchev–Trinajstić information content (AvgIpc) is 2.64. The first-order valence-electron chi connectivity index (χ1n) is 3.10. The second-order valence-corrected chi connectivity index (χ2v) is 2.44. The van der Waals surface area contributed by atoms with Gasteiger partial charge in [-0.15, -0.1) is 0 Å². The van der Waals surface area contributed by atoms with Crippen LogP contribution in [0, 0.1) is 5.92 Å². The summed E-state index contributed by atoms with van der Waals surface area (Å²) in [5, 5.41) is 17.1. The van der Waals surface area contributed by atoms with Crippen molar-refractivity contribution in [2.24, 2.45) is 5.92 Å². The molecule has 0 aromatic heterocycles. The Morgan fingerprint density at radius 3 is 2.60 bits per heavy atom. The van der Waals surface area contributed by atoms with Crippen LogP contribution in [0.25, 0.3) is 0 Å². The van der Waals surface area contributed by atoms with Crippen molar-refractivity contribution in [3.05, 3.63) is 0 Å². The normalized spacial score (nSPS) is 29.5. The summed E-state index contributed by atoms with van der Waals surface area (Å²) in [4.78, 5) is 10.6. The van der Waals surface area contributed by atoms with E-state index >= 15 is 0 Å². The monoisotopic (exact) mass is 144 g/mol. The summed E-state index contributed by atoms with van der Waals surface area (Å²) in [6.45, 7) is 0. The summed E-state index contributed by atoms with van der Waals surface area (Å²) >= 11 is 0. The highest BCUT2D eigenvalue weighted by Gasteiger charge is 2.50. The Balaban J connectivity index is 2.31. The number of ether oxygens (including phenoxy) is 1. The molecule has 2 N–H and O–H groups in total.